The summed E-state index contributed by atoms with van der Waals surface area (Å²) in [5.74, 6) is -0.128. The zero-order valence-electron chi connectivity index (χ0n) is 11.2. The molecule has 0 radical (unpaired) electrons. The standard InChI is InChI=1S/C14H23N3O/c1-3-8-14(16,9-4-2)13(18)17-12-7-5-6-11(15)10-12/h5-7,10H,3-4,8-9,15-16H2,1-2H3,(H,17,18). The van der Waals surface area contributed by atoms with E-state index in [-0.39, 0.29) is 5.91 Å². The second-order valence-corrected chi connectivity index (χ2v) is 4.74. The zero-order valence-corrected chi connectivity index (χ0v) is 11.2. The van der Waals surface area contributed by atoms with Crippen LogP contribution in [-0.2, 0) is 4.79 Å². The van der Waals surface area contributed by atoms with E-state index in [9.17, 15) is 4.79 Å². The normalized spacial score (nSPS) is 11.3. The van der Waals surface area contributed by atoms with Crippen molar-refractivity contribution in [2.24, 2.45) is 5.73 Å². The number of anilines is 2. The third-order valence-corrected chi connectivity index (χ3v) is 2.99. The molecule has 0 aliphatic heterocycles. The average Bonchev–Trinajstić information content (AvgIpc) is 2.29. The molecule has 4 nitrogen and oxygen atoms in total. The largest absolute Gasteiger partial charge is 0.399 e. The summed E-state index contributed by atoms with van der Waals surface area (Å²) in [6.07, 6.45) is 3.16. The molecular formula is C14H23N3O. The smallest absolute Gasteiger partial charge is 0.244 e. The maximum Gasteiger partial charge on any atom is 0.244 e. The van der Waals surface area contributed by atoms with Gasteiger partial charge in [0.25, 0.3) is 0 Å². The van der Waals surface area contributed by atoms with E-state index in [0.29, 0.717) is 24.2 Å². The molecule has 0 aliphatic carbocycles. The van der Waals surface area contributed by atoms with Gasteiger partial charge in [-0.1, -0.05) is 32.8 Å². The van der Waals surface area contributed by atoms with Crippen LogP contribution < -0.4 is 16.8 Å². The number of hydrogen-bond donors (Lipinski definition) is 3. The average molecular weight is 249 g/mol. The molecule has 0 unspecified atom stereocenters. The van der Waals surface area contributed by atoms with Crippen LogP contribution in [0.4, 0.5) is 11.4 Å². The number of carbonyl (C=O) groups is 1. The van der Waals surface area contributed by atoms with E-state index < -0.39 is 5.54 Å². The lowest BCUT2D eigenvalue weighted by atomic mass is 9.89. The number of nitrogens with one attached hydrogen (secondary N) is 1. The number of benzene rings is 1. The van der Waals surface area contributed by atoms with Gasteiger partial charge in [0.15, 0.2) is 0 Å². The maximum atomic E-state index is 12.2. The van der Waals surface area contributed by atoms with E-state index >= 15 is 0 Å². The van der Waals surface area contributed by atoms with Crippen molar-refractivity contribution in [2.45, 2.75) is 45.1 Å². The Morgan fingerprint density at radius 2 is 1.89 bits per heavy atom. The topological polar surface area (TPSA) is 81.1 Å². The minimum atomic E-state index is -0.784. The Morgan fingerprint density at radius 1 is 1.28 bits per heavy atom. The van der Waals surface area contributed by atoms with Crippen molar-refractivity contribution in [1.29, 1.82) is 0 Å². The molecule has 0 aromatic heterocycles. The SMILES string of the molecule is CCCC(N)(CCC)C(=O)Nc1cccc(N)c1. The van der Waals surface area contributed by atoms with Gasteiger partial charge in [0.1, 0.15) is 0 Å². The molecule has 0 saturated carbocycles. The molecule has 100 valence electrons. The summed E-state index contributed by atoms with van der Waals surface area (Å²) in [5, 5.41) is 2.85. The zero-order chi connectivity index (χ0) is 13.6. The summed E-state index contributed by atoms with van der Waals surface area (Å²) in [7, 11) is 0. The number of nitrogen functional groups attached to an aromatic ring is 1. The first-order valence-electron chi connectivity index (χ1n) is 6.47. The molecule has 0 spiro atoms. The van der Waals surface area contributed by atoms with Gasteiger partial charge in [-0.3, -0.25) is 4.79 Å². The molecule has 0 heterocycles. The molecule has 18 heavy (non-hydrogen) atoms. The molecule has 0 bridgehead atoms. The van der Waals surface area contributed by atoms with Gasteiger partial charge < -0.3 is 16.8 Å². The van der Waals surface area contributed by atoms with Gasteiger partial charge >= 0.3 is 0 Å². The van der Waals surface area contributed by atoms with Gasteiger partial charge in [-0.2, -0.15) is 0 Å². The molecule has 0 aliphatic rings. The summed E-state index contributed by atoms with van der Waals surface area (Å²) in [4.78, 5) is 12.2. The van der Waals surface area contributed by atoms with Crippen molar-refractivity contribution in [3.8, 4) is 0 Å². The Morgan fingerprint density at radius 3 is 2.39 bits per heavy atom. The molecule has 0 saturated heterocycles. The molecule has 1 aromatic carbocycles. The molecule has 1 amide bonds. The van der Waals surface area contributed by atoms with E-state index in [0.717, 1.165) is 12.8 Å². The number of hydrogen-bond acceptors (Lipinski definition) is 3. The fourth-order valence-corrected chi connectivity index (χ4v) is 2.12. The van der Waals surface area contributed by atoms with Gasteiger partial charge in [-0.15, -0.1) is 0 Å². The highest BCUT2D eigenvalue weighted by atomic mass is 16.2. The van der Waals surface area contributed by atoms with Crippen molar-refractivity contribution < 1.29 is 4.79 Å². The highest BCUT2D eigenvalue weighted by Gasteiger charge is 2.31. The summed E-state index contributed by atoms with van der Waals surface area (Å²) in [6.45, 7) is 4.07. The van der Waals surface area contributed by atoms with Gasteiger partial charge in [-0.25, -0.2) is 0 Å². The van der Waals surface area contributed by atoms with E-state index in [4.69, 9.17) is 11.5 Å². The fourth-order valence-electron chi connectivity index (χ4n) is 2.12. The second-order valence-electron chi connectivity index (χ2n) is 4.74. The lowest BCUT2D eigenvalue weighted by molar-refractivity contribution is -0.121. The maximum absolute atomic E-state index is 12.2. The first-order chi connectivity index (χ1) is 8.51. The predicted molar refractivity (Wildman–Crippen MR) is 76.2 cm³/mol. The van der Waals surface area contributed by atoms with Crippen molar-refractivity contribution in [1.82, 2.24) is 0 Å². The van der Waals surface area contributed by atoms with Crippen LogP contribution in [0.1, 0.15) is 39.5 Å². The number of nitrogens with two attached hydrogens (primary N) is 2. The van der Waals surface area contributed by atoms with Gasteiger partial charge in [0.2, 0.25) is 5.91 Å². The number of rotatable bonds is 6. The van der Waals surface area contributed by atoms with Crippen molar-refractivity contribution in [3.63, 3.8) is 0 Å². The lowest BCUT2D eigenvalue weighted by Crippen LogP contribution is -2.51. The van der Waals surface area contributed by atoms with Crippen molar-refractivity contribution in [3.05, 3.63) is 24.3 Å². The lowest BCUT2D eigenvalue weighted by Gasteiger charge is -2.27. The monoisotopic (exact) mass is 249 g/mol. The Balaban J connectivity index is 2.78. The van der Waals surface area contributed by atoms with E-state index in [1.165, 1.54) is 0 Å². The first-order valence-corrected chi connectivity index (χ1v) is 6.47. The summed E-state index contributed by atoms with van der Waals surface area (Å²) in [5.41, 5.74) is 12.4. The fraction of sp³-hybridized carbons (Fsp3) is 0.500. The highest BCUT2D eigenvalue weighted by Crippen LogP contribution is 2.20. The highest BCUT2D eigenvalue weighted by molar-refractivity contribution is 5.98. The minimum absolute atomic E-state index is 0.128. The van der Waals surface area contributed by atoms with Crippen LogP contribution in [0.15, 0.2) is 24.3 Å². The van der Waals surface area contributed by atoms with Crippen LogP contribution in [-0.4, -0.2) is 11.4 Å². The Kier molecular flexibility index (Phi) is 5.16. The summed E-state index contributed by atoms with van der Waals surface area (Å²) in [6, 6.07) is 7.13. The Hall–Kier alpha value is -1.55. The predicted octanol–water partition coefficient (Wildman–Crippen LogP) is 2.50. The summed E-state index contributed by atoms with van der Waals surface area (Å²) >= 11 is 0. The Bertz CT molecular complexity index is 398. The minimum Gasteiger partial charge on any atom is -0.399 e. The van der Waals surface area contributed by atoms with Gasteiger partial charge in [0, 0.05) is 11.4 Å². The van der Waals surface area contributed by atoms with Gasteiger partial charge in [-0.05, 0) is 31.0 Å². The second kappa shape index (κ2) is 6.40. The third kappa shape index (κ3) is 3.74. The van der Waals surface area contributed by atoms with Crippen molar-refractivity contribution in [2.75, 3.05) is 11.1 Å². The quantitative estimate of drug-likeness (QED) is 0.677. The number of amides is 1. The molecule has 0 atom stereocenters. The molecule has 4 heteroatoms. The molecule has 5 N–H and O–H groups in total. The van der Waals surface area contributed by atoms with Crippen LogP contribution in [0.2, 0.25) is 0 Å². The van der Waals surface area contributed by atoms with E-state index in [1.54, 1.807) is 12.1 Å². The van der Waals surface area contributed by atoms with E-state index in [2.05, 4.69) is 5.32 Å². The molecule has 0 fully saturated rings. The van der Waals surface area contributed by atoms with Crippen LogP contribution in [0, 0.1) is 0 Å². The summed E-state index contributed by atoms with van der Waals surface area (Å²) < 4.78 is 0. The van der Waals surface area contributed by atoms with Crippen LogP contribution >= 0.6 is 0 Å². The van der Waals surface area contributed by atoms with Crippen LogP contribution in [0.25, 0.3) is 0 Å². The van der Waals surface area contributed by atoms with Gasteiger partial charge in [0.05, 0.1) is 5.54 Å². The molecule has 1 aromatic rings. The van der Waals surface area contributed by atoms with Crippen molar-refractivity contribution >= 4 is 17.3 Å². The molecule has 1 rings (SSSR count). The van der Waals surface area contributed by atoms with E-state index in [1.807, 2.05) is 26.0 Å². The third-order valence-electron chi connectivity index (χ3n) is 2.99. The Labute approximate surface area is 109 Å². The number of carbonyl (C=O) groups excluding carboxylic acids is 1. The molecular weight excluding hydrogens is 226 g/mol. The van der Waals surface area contributed by atoms with Crippen LogP contribution in [0.5, 0.6) is 0 Å². The first kappa shape index (κ1) is 14.5. The van der Waals surface area contributed by atoms with Crippen LogP contribution in [0.3, 0.4) is 0 Å².